The lowest BCUT2D eigenvalue weighted by atomic mass is 10.0. The molecular formula is C13H10N4O3. The molecule has 0 aliphatic carbocycles. The van der Waals surface area contributed by atoms with Crippen LogP contribution in [0.25, 0.3) is 22.2 Å². The van der Waals surface area contributed by atoms with Crippen LogP contribution >= 0.6 is 0 Å². The lowest BCUT2D eigenvalue weighted by Gasteiger charge is -2.04. The van der Waals surface area contributed by atoms with Crippen LogP contribution in [0.3, 0.4) is 0 Å². The molecule has 0 fully saturated rings. The second-order valence-corrected chi connectivity index (χ2v) is 4.14. The van der Waals surface area contributed by atoms with Crippen molar-refractivity contribution >= 4 is 16.7 Å². The van der Waals surface area contributed by atoms with E-state index in [1.54, 1.807) is 13.2 Å². The number of ether oxygens (including phenoxy) is 1. The predicted molar refractivity (Wildman–Crippen MR) is 72.5 cm³/mol. The third kappa shape index (κ3) is 1.85. The van der Waals surface area contributed by atoms with Gasteiger partial charge in [-0.2, -0.15) is 10.3 Å². The molecule has 0 bridgehead atoms. The van der Waals surface area contributed by atoms with Crippen LogP contribution in [0.4, 0.5) is 5.69 Å². The van der Waals surface area contributed by atoms with Gasteiger partial charge in [-0.15, -0.1) is 5.10 Å². The second kappa shape index (κ2) is 4.61. The molecule has 1 aromatic heterocycles. The Balaban J connectivity index is 2.19. The summed E-state index contributed by atoms with van der Waals surface area (Å²) < 4.78 is 5.10. The normalized spacial score (nSPS) is 10.7. The van der Waals surface area contributed by atoms with Crippen molar-refractivity contribution in [1.82, 2.24) is 15.4 Å². The molecule has 0 aliphatic rings. The molecule has 0 atom stereocenters. The number of fused-ring (bicyclic) bond motifs is 1. The molecule has 0 spiro atoms. The predicted octanol–water partition coefficient (Wildman–Crippen LogP) is 2.54. The van der Waals surface area contributed by atoms with Gasteiger partial charge < -0.3 is 4.74 Å². The average molecular weight is 270 g/mol. The lowest BCUT2D eigenvalue weighted by molar-refractivity contribution is -0.383. The number of nitrogens with zero attached hydrogens (tertiary/aromatic N) is 3. The summed E-state index contributed by atoms with van der Waals surface area (Å²) in [4.78, 5) is 10.5. The van der Waals surface area contributed by atoms with E-state index in [0.29, 0.717) is 5.52 Å². The zero-order valence-corrected chi connectivity index (χ0v) is 10.5. The Morgan fingerprint density at radius 1 is 1.10 bits per heavy atom. The third-order valence-corrected chi connectivity index (χ3v) is 3.05. The summed E-state index contributed by atoms with van der Waals surface area (Å²) in [7, 11) is 1.59. The quantitative estimate of drug-likeness (QED) is 0.583. The Kier molecular flexibility index (Phi) is 2.79. The van der Waals surface area contributed by atoms with E-state index in [0.717, 1.165) is 16.9 Å². The number of H-pyrrole nitrogens is 1. The van der Waals surface area contributed by atoms with Crippen LogP contribution in [0.15, 0.2) is 36.4 Å². The van der Waals surface area contributed by atoms with Gasteiger partial charge in [-0.25, -0.2) is 0 Å². The van der Waals surface area contributed by atoms with E-state index in [2.05, 4.69) is 15.4 Å². The minimum absolute atomic E-state index is 0.0639. The first kappa shape index (κ1) is 12.1. The minimum atomic E-state index is -0.470. The summed E-state index contributed by atoms with van der Waals surface area (Å²) in [5, 5.41) is 21.3. The molecule has 0 aliphatic heterocycles. The number of nitrogens with one attached hydrogen (secondary N) is 1. The smallest absolute Gasteiger partial charge is 0.299 e. The van der Waals surface area contributed by atoms with Crippen molar-refractivity contribution in [2.75, 3.05) is 7.11 Å². The average Bonchev–Trinajstić information content (AvgIpc) is 2.95. The van der Waals surface area contributed by atoms with Crippen molar-refractivity contribution in [3.63, 3.8) is 0 Å². The fourth-order valence-electron chi connectivity index (χ4n) is 2.07. The van der Waals surface area contributed by atoms with Gasteiger partial charge in [0.05, 0.1) is 12.0 Å². The van der Waals surface area contributed by atoms with Gasteiger partial charge >= 0.3 is 0 Å². The highest BCUT2D eigenvalue weighted by atomic mass is 16.6. The van der Waals surface area contributed by atoms with Crippen molar-refractivity contribution in [2.24, 2.45) is 0 Å². The zero-order valence-electron chi connectivity index (χ0n) is 10.5. The fourth-order valence-corrected chi connectivity index (χ4v) is 2.07. The zero-order chi connectivity index (χ0) is 14.1. The second-order valence-electron chi connectivity index (χ2n) is 4.14. The van der Waals surface area contributed by atoms with E-state index in [1.165, 1.54) is 6.07 Å². The SMILES string of the molecule is COc1ccc(-c2ccc([N+](=O)[O-])c3n[nH]nc23)cc1. The topological polar surface area (TPSA) is 93.9 Å². The number of hydrogen-bond donors (Lipinski definition) is 1. The number of nitro groups is 1. The summed E-state index contributed by atoms with van der Waals surface area (Å²) in [5.74, 6) is 0.743. The Hall–Kier alpha value is -2.96. The van der Waals surface area contributed by atoms with Crippen LogP contribution in [0.2, 0.25) is 0 Å². The number of nitro benzene ring substituents is 1. The first-order valence-corrected chi connectivity index (χ1v) is 5.83. The Morgan fingerprint density at radius 2 is 1.80 bits per heavy atom. The van der Waals surface area contributed by atoms with Crippen molar-refractivity contribution in [3.05, 3.63) is 46.5 Å². The highest BCUT2D eigenvalue weighted by Gasteiger charge is 2.18. The van der Waals surface area contributed by atoms with E-state index in [4.69, 9.17) is 4.74 Å². The van der Waals surface area contributed by atoms with Crippen molar-refractivity contribution in [3.8, 4) is 16.9 Å². The largest absolute Gasteiger partial charge is 0.497 e. The van der Waals surface area contributed by atoms with Crippen molar-refractivity contribution < 1.29 is 9.66 Å². The van der Waals surface area contributed by atoms with Gasteiger partial charge in [-0.05, 0) is 23.8 Å². The molecule has 0 radical (unpaired) electrons. The summed E-state index contributed by atoms with van der Waals surface area (Å²) in [5.41, 5.74) is 2.33. The maximum Gasteiger partial charge on any atom is 0.299 e. The van der Waals surface area contributed by atoms with Crippen LogP contribution in [0, 0.1) is 10.1 Å². The Bertz CT molecular complexity index is 780. The summed E-state index contributed by atoms with van der Waals surface area (Å²) in [6.07, 6.45) is 0. The Labute approximate surface area is 113 Å². The molecule has 1 heterocycles. The molecule has 0 saturated heterocycles. The Morgan fingerprint density at radius 3 is 2.45 bits per heavy atom. The van der Waals surface area contributed by atoms with Gasteiger partial charge in [0.2, 0.25) is 0 Å². The number of non-ortho nitro benzene ring substituents is 1. The molecule has 0 amide bonds. The summed E-state index contributed by atoms with van der Waals surface area (Å²) in [6.45, 7) is 0. The van der Waals surface area contributed by atoms with Crippen LogP contribution in [-0.2, 0) is 0 Å². The van der Waals surface area contributed by atoms with Gasteiger partial charge in [-0.3, -0.25) is 10.1 Å². The minimum Gasteiger partial charge on any atom is -0.497 e. The van der Waals surface area contributed by atoms with Crippen LogP contribution in [0.5, 0.6) is 5.75 Å². The maximum absolute atomic E-state index is 11.0. The molecule has 100 valence electrons. The molecule has 1 N–H and O–H groups in total. The lowest BCUT2D eigenvalue weighted by Crippen LogP contribution is -1.91. The van der Waals surface area contributed by atoms with Gasteiger partial charge in [0, 0.05) is 11.6 Å². The van der Waals surface area contributed by atoms with E-state index < -0.39 is 4.92 Å². The van der Waals surface area contributed by atoms with Crippen LogP contribution in [0.1, 0.15) is 0 Å². The maximum atomic E-state index is 11.0. The highest BCUT2D eigenvalue weighted by Crippen LogP contribution is 2.32. The standard InChI is InChI=1S/C13H10N4O3/c1-20-9-4-2-8(3-5-9)10-6-7-11(17(18)19)13-12(10)14-16-15-13/h2-7H,1H3,(H,14,15,16). The monoisotopic (exact) mass is 270 g/mol. The molecule has 7 nitrogen and oxygen atoms in total. The van der Waals surface area contributed by atoms with E-state index in [9.17, 15) is 10.1 Å². The first-order valence-electron chi connectivity index (χ1n) is 5.83. The van der Waals surface area contributed by atoms with Crippen LogP contribution in [-0.4, -0.2) is 27.4 Å². The number of aromatic nitrogens is 3. The molecular weight excluding hydrogens is 260 g/mol. The molecule has 20 heavy (non-hydrogen) atoms. The number of rotatable bonds is 3. The summed E-state index contributed by atoms with van der Waals surface area (Å²) >= 11 is 0. The molecule has 0 saturated carbocycles. The van der Waals surface area contributed by atoms with Crippen molar-refractivity contribution in [2.45, 2.75) is 0 Å². The van der Waals surface area contributed by atoms with Gasteiger partial charge in [0.25, 0.3) is 5.69 Å². The molecule has 3 aromatic rings. The number of hydrogen-bond acceptors (Lipinski definition) is 5. The van der Waals surface area contributed by atoms with Crippen LogP contribution < -0.4 is 4.74 Å². The molecule has 3 rings (SSSR count). The number of aromatic amines is 1. The third-order valence-electron chi connectivity index (χ3n) is 3.05. The van der Waals surface area contributed by atoms with E-state index >= 15 is 0 Å². The van der Waals surface area contributed by atoms with Crippen molar-refractivity contribution in [1.29, 1.82) is 0 Å². The fraction of sp³-hybridized carbons (Fsp3) is 0.0769. The number of methoxy groups -OCH3 is 1. The molecule has 0 unspecified atom stereocenters. The van der Waals surface area contributed by atoms with E-state index in [1.807, 2.05) is 24.3 Å². The van der Waals surface area contributed by atoms with Gasteiger partial charge in [-0.1, -0.05) is 12.1 Å². The number of benzene rings is 2. The molecule has 7 heteroatoms. The molecule has 2 aromatic carbocycles. The highest BCUT2D eigenvalue weighted by molar-refractivity contribution is 5.96. The van der Waals surface area contributed by atoms with Gasteiger partial charge in [0.1, 0.15) is 11.3 Å². The summed E-state index contributed by atoms with van der Waals surface area (Å²) in [6, 6.07) is 10.5. The van der Waals surface area contributed by atoms with E-state index in [-0.39, 0.29) is 11.2 Å². The first-order chi connectivity index (χ1) is 9.70. The van der Waals surface area contributed by atoms with Gasteiger partial charge in [0.15, 0.2) is 5.52 Å².